The van der Waals surface area contributed by atoms with Crippen LogP contribution in [0, 0.1) is 5.41 Å². The predicted molar refractivity (Wildman–Crippen MR) is 95.8 cm³/mol. The summed E-state index contributed by atoms with van der Waals surface area (Å²) in [5.74, 6) is 0.181. The van der Waals surface area contributed by atoms with Gasteiger partial charge in [0.05, 0.1) is 5.51 Å². The quantitative estimate of drug-likeness (QED) is 0.794. The first-order chi connectivity index (χ1) is 12.6. The van der Waals surface area contributed by atoms with Crippen molar-refractivity contribution in [3.05, 3.63) is 28.7 Å². The van der Waals surface area contributed by atoms with Crippen LogP contribution >= 0.6 is 11.3 Å². The molecule has 2 aromatic heterocycles. The first-order valence-corrected chi connectivity index (χ1v) is 9.83. The number of piperidine rings is 2. The van der Waals surface area contributed by atoms with E-state index in [-0.39, 0.29) is 23.1 Å². The van der Waals surface area contributed by atoms with Crippen LogP contribution < -0.4 is 0 Å². The fourth-order valence-corrected chi connectivity index (χ4v) is 4.56. The molecule has 4 rings (SSSR count). The maximum Gasteiger partial charge on any atom is 0.293 e. The lowest BCUT2D eigenvalue weighted by Gasteiger charge is -2.47. The topological polar surface area (TPSA) is 84.2 Å². The summed E-state index contributed by atoms with van der Waals surface area (Å²) in [5, 5.41) is 5.92. The summed E-state index contributed by atoms with van der Waals surface area (Å²) in [4.78, 5) is 37.2. The van der Waals surface area contributed by atoms with Crippen LogP contribution in [-0.4, -0.2) is 67.5 Å². The van der Waals surface area contributed by atoms with E-state index in [2.05, 4.69) is 15.1 Å². The number of rotatable bonds is 2. The van der Waals surface area contributed by atoms with Crippen LogP contribution in [0.4, 0.5) is 0 Å². The zero-order valence-corrected chi connectivity index (χ0v) is 15.6. The summed E-state index contributed by atoms with van der Waals surface area (Å²) in [6, 6.07) is 0. The summed E-state index contributed by atoms with van der Waals surface area (Å²) < 4.78 is 1.54. The SMILES string of the molecule is Cn1cnc(C(=O)N2CCC3(CCCN(C(=O)c4cscn4)C3)CC2)n1. The van der Waals surface area contributed by atoms with Crippen molar-refractivity contribution < 1.29 is 9.59 Å². The second-order valence-electron chi connectivity index (χ2n) is 7.24. The molecule has 8 nitrogen and oxygen atoms in total. The van der Waals surface area contributed by atoms with Gasteiger partial charge in [0.2, 0.25) is 5.82 Å². The number of carbonyl (C=O) groups excluding carboxylic acids is 2. The van der Waals surface area contributed by atoms with Crippen LogP contribution in [0.25, 0.3) is 0 Å². The summed E-state index contributed by atoms with van der Waals surface area (Å²) >= 11 is 1.45. The van der Waals surface area contributed by atoms with Crippen molar-refractivity contribution in [1.29, 1.82) is 0 Å². The van der Waals surface area contributed by atoms with Crippen LogP contribution in [-0.2, 0) is 7.05 Å². The Labute approximate surface area is 155 Å². The molecule has 26 heavy (non-hydrogen) atoms. The van der Waals surface area contributed by atoms with Gasteiger partial charge in [0.15, 0.2) is 0 Å². The second kappa shape index (κ2) is 6.79. The maximum atomic E-state index is 12.6. The molecular formula is C17H22N6O2S. The molecule has 0 unspecified atom stereocenters. The second-order valence-corrected chi connectivity index (χ2v) is 7.96. The van der Waals surface area contributed by atoms with Crippen molar-refractivity contribution in [2.45, 2.75) is 25.7 Å². The Morgan fingerprint density at radius 2 is 1.88 bits per heavy atom. The number of hydrogen-bond acceptors (Lipinski definition) is 6. The Bertz CT molecular complexity index is 794. The standard InChI is InChI=1S/C17H22N6O2S/c1-21-11-18-14(20-21)16(25)22-7-4-17(5-8-22)3-2-6-23(10-17)15(24)13-9-26-12-19-13/h9,11-12H,2-8,10H2,1H3. The monoisotopic (exact) mass is 374 g/mol. The van der Waals surface area contributed by atoms with E-state index in [0.29, 0.717) is 18.8 Å². The zero-order chi connectivity index (χ0) is 18.1. The number of carbonyl (C=O) groups is 2. The van der Waals surface area contributed by atoms with E-state index in [9.17, 15) is 9.59 Å². The highest BCUT2D eigenvalue weighted by molar-refractivity contribution is 7.07. The Balaban J connectivity index is 1.40. The van der Waals surface area contributed by atoms with Crippen LogP contribution in [0.5, 0.6) is 0 Å². The molecule has 0 atom stereocenters. The molecule has 2 fully saturated rings. The fraction of sp³-hybridized carbons (Fsp3) is 0.588. The van der Waals surface area contributed by atoms with Gasteiger partial charge in [-0.15, -0.1) is 16.4 Å². The molecule has 2 amide bonds. The molecule has 0 radical (unpaired) electrons. The maximum absolute atomic E-state index is 12.6. The van der Waals surface area contributed by atoms with Crippen LogP contribution in [0.2, 0.25) is 0 Å². The highest BCUT2D eigenvalue weighted by Crippen LogP contribution is 2.40. The first-order valence-electron chi connectivity index (χ1n) is 8.89. The van der Waals surface area contributed by atoms with Gasteiger partial charge in [-0.25, -0.2) is 9.97 Å². The normalized spacial score (nSPS) is 19.7. The Hall–Kier alpha value is -2.29. The van der Waals surface area contributed by atoms with E-state index >= 15 is 0 Å². The molecule has 138 valence electrons. The third-order valence-electron chi connectivity index (χ3n) is 5.50. The van der Waals surface area contributed by atoms with E-state index in [1.807, 2.05) is 15.2 Å². The molecule has 2 aliphatic heterocycles. The molecule has 0 saturated carbocycles. The highest BCUT2D eigenvalue weighted by atomic mass is 32.1. The molecule has 9 heteroatoms. The van der Waals surface area contributed by atoms with Gasteiger partial charge in [0.1, 0.15) is 12.0 Å². The first kappa shape index (κ1) is 17.1. The summed E-state index contributed by atoms with van der Waals surface area (Å²) in [6.45, 7) is 2.93. The Morgan fingerprint density at radius 1 is 1.08 bits per heavy atom. The van der Waals surface area contributed by atoms with Gasteiger partial charge in [-0.1, -0.05) is 0 Å². The minimum Gasteiger partial charge on any atom is -0.337 e. The molecule has 4 heterocycles. The van der Waals surface area contributed by atoms with E-state index < -0.39 is 0 Å². The van der Waals surface area contributed by atoms with Crippen molar-refractivity contribution in [3.63, 3.8) is 0 Å². The summed E-state index contributed by atoms with van der Waals surface area (Å²) in [6.07, 6.45) is 5.48. The largest absolute Gasteiger partial charge is 0.337 e. The molecule has 2 saturated heterocycles. The lowest BCUT2D eigenvalue weighted by Crippen LogP contribution is -2.52. The van der Waals surface area contributed by atoms with E-state index in [4.69, 9.17) is 0 Å². The molecular weight excluding hydrogens is 352 g/mol. The van der Waals surface area contributed by atoms with Crippen molar-refractivity contribution in [1.82, 2.24) is 29.5 Å². The third-order valence-corrected chi connectivity index (χ3v) is 6.09. The predicted octanol–water partition coefficient (Wildman–Crippen LogP) is 1.43. The lowest BCUT2D eigenvalue weighted by molar-refractivity contribution is 0.0195. The molecule has 0 aliphatic carbocycles. The summed E-state index contributed by atoms with van der Waals surface area (Å²) in [5.41, 5.74) is 2.35. The van der Waals surface area contributed by atoms with Crippen LogP contribution in [0.1, 0.15) is 46.8 Å². The average molecular weight is 374 g/mol. The minimum atomic E-state index is -0.105. The molecule has 0 N–H and O–H groups in total. The smallest absolute Gasteiger partial charge is 0.293 e. The number of aryl methyl sites for hydroxylation is 1. The Morgan fingerprint density at radius 3 is 2.54 bits per heavy atom. The van der Waals surface area contributed by atoms with Crippen molar-refractivity contribution >= 4 is 23.2 Å². The minimum absolute atomic E-state index is 0.0292. The van der Waals surface area contributed by atoms with E-state index in [0.717, 1.165) is 38.8 Å². The van der Waals surface area contributed by atoms with Gasteiger partial charge in [-0.05, 0) is 31.1 Å². The number of nitrogens with zero attached hydrogens (tertiary/aromatic N) is 6. The van der Waals surface area contributed by atoms with Gasteiger partial charge >= 0.3 is 0 Å². The number of hydrogen-bond donors (Lipinski definition) is 0. The van der Waals surface area contributed by atoms with Gasteiger partial charge in [-0.2, -0.15) is 0 Å². The Kier molecular flexibility index (Phi) is 4.47. The molecule has 0 bridgehead atoms. The van der Waals surface area contributed by atoms with E-state index in [1.54, 1.807) is 23.6 Å². The van der Waals surface area contributed by atoms with Crippen LogP contribution in [0.3, 0.4) is 0 Å². The van der Waals surface area contributed by atoms with Gasteiger partial charge in [-0.3, -0.25) is 14.3 Å². The molecule has 2 aliphatic rings. The molecule has 2 aromatic rings. The zero-order valence-electron chi connectivity index (χ0n) is 14.8. The highest BCUT2D eigenvalue weighted by Gasteiger charge is 2.41. The third kappa shape index (κ3) is 3.23. The fourth-order valence-electron chi connectivity index (χ4n) is 4.03. The van der Waals surface area contributed by atoms with Crippen molar-refractivity contribution in [3.8, 4) is 0 Å². The number of aromatic nitrogens is 4. The summed E-state index contributed by atoms with van der Waals surface area (Å²) in [7, 11) is 1.75. The van der Waals surface area contributed by atoms with Crippen molar-refractivity contribution in [2.75, 3.05) is 26.2 Å². The van der Waals surface area contributed by atoms with Gasteiger partial charge in [0, 0.05) is 38.6 Å². The van der Waals surface area contributed by atoms with Crippen molar-refractivity contribution in [2.24, 2.45) is 12.5 Å². The number of amides is 2. The number of thiazole rings is 1. The molecule has 1 spiro atoms. The van der Waals surface area contributed by atoms with Crippen LogP contribution in [0.15, 0.2) is 17.2 Å². The average Bonchev–Trinajstić information content (AvgIpc) is 3.33. The van der Waals surface area contributed by atoms with Gasteiger partial charge < -0.3 is 9.80 Å². The number of likely N-dealkylation sites (tertiary alicyclic amines) is 2. The lowest BCUT2D eigenvalue weighted by atomic mass is 9.72. The molecule has 0 aromatic carbocycles. The van der Waals surface area contributed by atoms with E-state index in [1.165, 1.54) is 11.3 Å². The van der Waals surface area contributed by atoms with Gasteiger partial charge in [0.25, 0.3) is 11.8 Å².